The third-order valence-electron chi connectivity index (χ3n) is 3.51. The lowest BCUT2D eigenvalue weighted by atomic mass is 10.2. The summed E-state index contributed by atoms with van der Waals surface area (Å²) in [5, 5.41) is 0.689. The second-order valence-electron chi connectivity index (χ2n) is 5.09. The van der Waals surface area contributed by atoms with Crippen LogP contribution in [0.25, 0.3) is 5.82 Å². The lowest BCUT2D eigenvalue weighted by Crippen LogP contribution is -2.01. The predicted molar refractivity (Wildman–Crippen MR) is 91.7 cm³/mol. The van der Waals surface area contributed by atoms with E-state index in [0.29, 0.717) is 5.02 Å². The molecule has 0 aliphatic carbocycles. The molecule has 0 saturated carbocycles. The topological polar surface area (TPSA) is 30.2 Å². The summed E-state index contributed by atoms with van der Waals surface area (Å²) in [5.74, 6) is 0.917. The minimum Gasteiger partial charge on any atom is -0.303 e. The summed E-state index contributed by atoms with van der Waals surface area (Å²) >= 11 is 5.98. The molecule has 0 radical (unpaired) electrons. The molecule has 2 aromatic heterocycles. The molecule has 0 N–H and O–H groups in total. The van der Waals surface area contributed by atoms with Gasteiger partial charge in [0, 0.05) is 34.4 Å². The molecule has 4 heteroatoms. The predicted octanol–water partition coefficient (Wildman–Crippen LogP) is 4.89. The van der Waals surface area contributed by atoms with Crippen LogP contribution in [0.2, 0.25) is 5.02 Å². The Balaban J connectivity index is 1.96. The number of pyridine rings is 1. The summed E-state index contributed by atoms with van der Waals surface area (Å²) in [7, 11) is 0. The average Bonchev–Trinajstić information content (AvgIpc) is 2.80. The maximum Gasteiger partial charge on any atom is 0.136 e. The summed E-state index contributed by atoms with van der Waals surface area (Å²) in [6.45, 7) is 4.14. The summed E-state index contributed by atoms with van der Waals surface area (Å²) < 4.78 is 2.12. The highest BCUT2D eigenvalue weighted by Crippen LogP contribution is 2.21. The summed E-state index contributed by atoms with van der Waals surface area (Å²) in [6.07, 6.45) is 3.67. The second kappa shape index (κ2) is 6.16. The van der Waals surface area contributed by atoms with Gasteiger partial charge in [-0.05, 0) is 50.2 Å². The summed E-state index contributed by atoms with van der Waals surface area (Å²) in [6, 6.07) is 15.5. The molecular formula is C18H16ClN3. The Kier molecular flexibility index (Phi) is 4.07. The molecule has 0 atom stereocenters. The van der Waals surface area contributed by atoms with E-state index in [-0.39, 0.29) is 0 Å². The molecule has 2 heterocycles. The van der Waals surface area contributed by atoms with E-state index in [1.54, 1.807) is 6.20 Å². The number of benzene rings is 1. The van der Waals surface area contributed by atoms with Crippen molar-refractivity contribution >= 4 is 23.5 Å². The van der Waals surface area contributed by atoms with E-state index >= 15 is 0 Å². The first-order valence-electron chi connectivity index (χ1n) is 7.05. The van der Waals surface area contributed by atoms with Gasteiger partial charge < -0.3 is 4.57 Å². The van der Waals surface area contributed by atoms with Gasteiger partial charge >= 0.3 is 0 Å². The normalized spacial score (nSPS) is 11.2. The van der Waals surface area contributed by atoms with Crippen LogP contribution in [-0.4, -0.2) is 15.8 Å². The maximum absolute atomic E-state index is 5.98. The minimum absolute atomic E-state index is 0.689. The highest BCUT2D eigenvalue weighted by molar-refractivity contribution is 6.30. The van der Waals surface area contributed by atoms with Crippen molar-refractivity contribution < 1.29 is 0 Å². The first kappa shape index (κ1) is 14.5. The van der Waals surface area contributed by atoms with Crippen LogP contribution >= 0.6 is 11.6 Å². The van der Waals surface area contributed by atoms with Crippen LogP contribution in [0.5, 0.6) is 0 Å². The standard InChI is InChI=1S/C18H16ClN3/c1-13-10-15(12-21-17-7-5-6-16(19)11-17)14(2)22(13)18-8-3-4-9-20-18/h3-12H,1-2H3. The van der Waals surface area contributed by atoms with E-state index in [1.807, 2.05) is 48.7 Å². The Hall–Kier alpha value is -2.39. The van der Waals surface area contributed by atoms with E-state index in [1.165, 1.54) is 0 Å². The zero-order chi connectivity index (χ0) is 15.5. The monoisotopic (exact) mass is 309 g/mol. The van der Waals surface area contributed by atoms with Crippen LogP contribution in [0.4, 0.5) is 5.69 Å². The molecule has 0 amide bonds. The van der Waals surface area contributed by atoms with Crippen molar-refractivity contribution in [3.63, 3.8) is 0 Å². The van der Waals surface area contributed by atoms with Crippen LogP contribution in [0.3, 0.4) is 0 Å². The van der Waals surface area contributed by atoms with Gasteiger partial charge in [-0.1, -0.05) is 23.7 Å². The van der Waals surface area contributed by atoms with Gasteiger partial charge in [0.05, 0.1) is 5.69 Å². The van der Waals surface area contributed by atoms with Crippen LogP contribution < -0.4 is 0 Å². The first-order chi connectivity index (χ1) is 10.6. The van der Waals surface area contributed by atoms with Crippen LogP contribution in [0.15, 0.2) is 59.7 Å². The fourth-order valence-corrected chi connectivity index (χ4v) is 2.64. The Morgan fingerprint density at radius 2 is 1.95 bits per heavy atom. The SMILES string of the molecule is Cc1cc(C=Nc2cccc(Cl)c2)c(C)n1-c1ccccn1. The molecule has 1 aromatic carbocycles. The number of aryl methyl sites for hydroxylation is 1. The number of aliphatic imine (C=N–C) groups is 1. The van der Waals surface area contributed by atoms with Gasteiger partial charge in [0.25, 0.3) is 0 Å². The van der Waals surface area contributed by atoms with Gasteiger partial charge in [-0.3, -0.25) is 4.99 Å². The molecule has 3 nitrogen and oxygen atoms in total. The largest absolute Gasteiger partial charge is 0.303 e. The number of halogens is 1. The van der Waals surface area contributed by atoms with Crippen molar-refractivity contribution in [2.24, 2.45) is 4.99 Å². The van der Waals surface area contributed by atoms with Crippen molar-refractivity contribution in [3.8, 4) is 5.82 Å². The molecule has 3 aromatic rings. The van der Waals surface area contributed by atoms with Gasteiger partial charge in [0.15, 0.2) is 0 Å². The van der Waals surface area contributed by atoms with Crippen LogP contribution in [0, 0.1) is 13.8 Å². The second-order valence-corrected chi connectivity index (χ2v) is 5.52. The maximum atomic E-state index is 5.98. The van der Waals surface area contributed by atoms with E-state index in [0.717, 1.165) is 28.5 Å². The zero-order valence-electron chi connectivity index (χ0n) is 12.5. The van der Waals surface area contributed by atoms with Crippen molar-refractivity contribution in [2.75, 3.05) is 0 Å². The summed E-state index contributed by atoms with van der Waals surface area (Å²) in [5.41, 5.74) is 4.16. The fourth-order valence-electron chi connectivity index (χ4n) is 2.46. The number of rotatable bonds is 3. The molecule has 0 saturated heterocycles. The first-order valence-corrected chi connectivity index (χ1v) is 7.43. The number of aromatic nitrogens is 2. The Labute approximate surface area is 134 Å². The molecular weight excluding hydrogens is 294 g/mol. The van der Waals surface area contributed by atoms with E-state index in [9.17, 15) is 0 Å². The molecule has 0 aliphatic heterocycles. The molecule has 22 heavy (non-hydrogen) atoms. The zero-order valence-corrected chi connectivity index (χ0v) is 13.2. The lowest BCUT2D eigenvalue weighted by Gasteiger charge is -2.07. The molecule has 0 unspecified atom stereocenters. The molecule has 110 valence electrons. The van der Waals surface area contributed by atoms with E-state index in [2.05, 4.69) is 34.5 Å². The van der Waals surface area contributed by atoms with Gasteiger partial charge in [0.2, 0.25) is 0 Å². The lowest BCUT2D eigenvalue weighted by molar-refractivity contribution is 0.921. The van der Waals surface area contributed by atoms with Crippen LogP contribution in [0.1, 0.15) is 17.0 Å². The highest BCUT2D eigenvalue weighted by atomic mass is 35.5. The van der Waals surface area contributed by atoms with Crippen LogP contribution in [-0.2, 0) is 0 Å². The minimum atomic E-state index is 0.689. The summed E-state index contributed by atoms with van der Waals surface area (Å²) in [4.78, 5) is 8.92. The van der Waals surface area contributed by atoms with Gasteiger partial charge in [0.1, 0.15) is 5.82 Å². The number of hydrogen-bond acceptors (Lipinski definition) is 2. The van der Waals surface area contributed by atoms with Gasteiger partial charge in [-0.15, -0.1) is 0 Å². The number of nitrogens with zero attached hydrogens (tertiary/aromatic N) is 3. The van der Waals surface area contributed by atoms with E-state index < -0.39 is 0 Å². The Morgan fingerprint density at radius 1 is 1.09 bits per heavy atom. The van der Waals surface area contributed by atoms with Crippen molar-refractivity contribution in [3.05, 3.63) is 76.7 Å². The number of hydrogen-bond donors (Lipinski definition) is 0. The Morgan fingerprint density at radius 3 is 2.68 bits per heavy atom. The smallest absolute Gasteiger partial charge is 0.136 e. The van der Waals surface area contributed by atoms with E-state index in [4.69, 9.17) is 11.6 Å². The molecule has 0 aliphatic rings. The van der Waals surface area contributed by atoms with Crippen molar-refractivity contribution in [2.45, 2.75) is 13.8 Å². The van der Waals surface area contributed by atoms with Gasteiger partial charge in [-0.25, -0.2) is 4.98 Å². The molecule has 0 spiro atoms. The molecule has 3 rings (SSSR count). The highest BCUT2D eigenvalue weighted by Gasteiger charge is 2.09. The van der Waals surface area contributed by atoms with Crippen molar-refractivity contribution in [1.82, 2.24) is 9.55 Å². The fraction of sp³-hybridized carbons (Fsp3) is 0.111. The van der Waals surface area contributed by atoms with Gasteiger partial charge in [-0.2, -0.15) is 0 Å². The third-order valence-corrected chi connectivity index (χ3v) is 3.74. The Bertz CT molecular complexity index is 820. The molecule has 0 bridgehead atoms. The van der Waals surface area contributed by atoms with Crippen molar-refractivity contribution in [1.29, 1.82) is 0 Å². The third kappa shape index (κ3) is 2.95. The average molecular weight is 310 g/mol. The quantitative estimate of drug-likeness (QED) is 0.633. The molecule has 0 fully saturated rings.